The Bertz CT molecular complexity index is 930. The zero-order valence-electron chi connectivity index (χ0n) is 14.9. The van der Waals surface area contributed by atoms with E-state index in [4.69, 9.17) is 9.15 Å². The Hall–Kier alpha value is -1.58. The van der Waals surface area contributed by atoms with Crippen LogP contribution in [0.1, 0.15) is 24.2 Å². The van der Waals surface area contributed by atoms with Crippen LogP contribution in [-0.2, 0) is 10.0 Å². The number of carbonyl (C=O) groups excluding carboxylic acids is 1. The van der Waals surface area contributed by atoms with Crippen LogP contribution >= 0.6 is 15.9 Å². The van der Waals surface area contributed by atoms with Gasteiger partial charge in [0, 0.05) is 37.8 Å². The fourth-order valence-corrected chi connectivity index (χ4v) is 4.67. The molecule has 3 rings (SSSR count). The van der Waals surface area contributed by atoms with Crippen molar-refractivity contribution in [1.82, 2.24) is 9.21 Å². The molecule has 7 nitrogen and oxygen atoms in total. The van der Waals surface area contributed by atoms with Crippen molar-refractivity contribution in [3.05, 3.63) is 28.4 Å². The second-order valence-corrected chi connectivity index (χ2v) is 9.70. The highest BCUT2D eigenvalue weighted by atomic mass is 79.9. The lowest BCUT2D eigenvalue weighted by molar-refractivity contribution is 0.0697. The standard InChI is InChI=1S/C17H21BrN2O5S/c1-11(2)26(22,23)20-6-4-19(5-7-20)17(21)12-8-14(24-3)13-10-16(18)25-15(13)9-12/h8-11H,4-7H2,1-3H3. The molecule has 1 aromatic heterocycles. The van der Waals surface area contributed by atoms with E-state index in [0.717, 1.165) is 5.39 Å². The maximum atomic E-state index is 12.9. The maximum absolute atomic E-state index is 12.9. The number of ether oxygens (including phenoxy) is 1. The van der Waals surface area contributed by atoms with Gasteiger partial charge in [-0.1, -0.05) is 0 Å². The van der Waals surface area contributed by atoms with E-state index in [1.807, 2.05) is 0 Å². The fraction of sp³-hybridized carbons (Fsp3) is 0.471. The molecule has 1 saturated heterocycles. The minimum absolute atomic E-state index is 0.167. The first-order chi connectivity index (χ1) is 12.2. The summed E-state index contributed by atoms with van der Waals surface area (Å²) in [5, 5.41) is 0.317. The van der Waals surface area contributed by atoms with E-state index in [1.54, 1.807) is 44.1 Å². The average molecular weight is 445 g/mol. The van der Waals surface area contributed by atoms with Gasteiger partial charge in [0.2, 0.25) is 10.0 Å². The number of rotatable bonds is 4. The number of amides is 1. The van der Waals surface area contributed by atoms with Crippen molar-refractivity contribution in [2.75, 3.05) is 33.3 Å². The van der Waals surface area contributed by atoms with Gasteiger partial charge in [-0.05, 0) is 41.9 Å². The molecule has 1 aliphatic rings. The van der Waals surface area contributed by atoms with Crippen molar-refractivity contribution in [2.45, 2.75) is 19.1 Å². The van der Waals surface area contributed by atoms with Gasteiger partial charge in [0.25, 0.3) is 5.91 Å². The molecule has 1 aromatic carbocycles. The first-order valence-electron chi connectivity index (χ1n) is 8.29. The van der Waals surface area contributed by atoms with E-state index in [-0.39, 0.29) is 5.91 Å². The zero-order valence-corrected chi connectivity index (χ0v) is 17.3. The van der Waals surface area contributed by atoms with Gasteiger partial charge in [-0.25, -0.2) is 8.42 Å². The van der Waals surface area contributed by atoms with Crippen LogP contribution < -0.4 is 4.74 Å². The van der Waals surface area contributed by atoms with Gasteiger partial charge in [-0.2, -0.15) is 4.31 Å². The second kappa shape index (κ2) is 7.21. The fourth-order valence-electron chi connectivity index (χ4n) is 2.99. The van der Waals surface area contributed by atoms with Crippen LogP contribution in [0.3, 0.4) is 0 Å². The highest BCUT2D eigenvalue weighted by molar-refractivity contribution is 9.10. The summed E-state index contributed by atoms with van der Waals surface area (Å²) in [7, 11) is -1.75. The molecule has 0 radical (unpaired) electrons. The van der Waals surface area contributed by atoms with Crippen LogP contribution in [-0.4, -0.2) is 62.1 Å². The monoisotopic (exact) mass is 444 g/mol. The van der Waals surface area contributed by atoms with Crippen LogP contribution in [0.2, 0.25) is 0 Å². The van der Waals surface area contributed by atoms with Crippen LogP contribution in [0, 0.1) is 0 Å². The molecule has 1 fully saturated rings. The number of sulfonamides is 1. The molecule has 0 N–H and O–H groups in total. The lowest BCUT2D eigenvalue weighted by Crippen LogP contribution is -2.51. The summed E-state index contributed by atoms with van der Waals surface area (Å²) in [6, 6.07) is 5.16. The van der Waals surface area contributed by atoms with Crippen molar-refractivity contribution in [3.8, 4) is 5.75 Å². The molecule has 1 amide bonds. The van der Waals surface area contributed by atoms with Crippen molar-refractivity contribution in [2.24, 2.45) is 0 Å². The Labute approximate surface area is 161 Å². The van der Waals surface area contributed by atoms with Crippen molar-refractivity contribution < 1.29 is 22.4 Å². The van der Waals surface area contributed by atoms with E-state index >= 15 is 0 Å². The molecule has 9 heteroatoms. The van der Waals surface area contributed by atoms with E-state index < -0.39 is 15.3 Å². The molecule has 0 aliphatic carbocycles. The molecule has 0 bridgehead atoms. The lowest BCUT2D eigenvalue weighted by Gasteiger charge is -2.35. The SMILES string of the molecule is COc1cc(C(=O)N2CCN(S(=O)(=O)C(C)C)CC2)cc2oc(Br)cc12. The molecule has 1 aliphatic heterocycles. The summed E-state index contributed by atoms with van der Waals surface area (Å²) in [5.74, 6) is 0.389. The number of hydrogen-bond acceptors (Lipinski definition) is 5. The molecule has 2 heterocycles. The highest BCUT2D eigenvalue weighted by Crippen LogP contribution is 2.33. The van der Waals surface area contributed by atoms with Crippen LogP contribution in [0.4, 0.5) is 0 Å². The molecular formula is C17H21BrN2O5S. The molecule has 2 aromatic rings. The smallest absolute Gasteiger partial charge is 0.254 e. The third kappa shape index (κ3) is 3.47. The Balaban J connectivity index is 1.80. The van der Waals surface area contributed by atoms with Gasteiger partial charge in [-0.15, -0.1) is 0 Å². The molecular weight excluding hydrogens is 424 g/mol. The van der Waals surface area contributed by atoms with E-state index in [1.165, 1.54) is 4.31 Å². The number of methoxy groups -OCH3 is 1. The first-order valence-corrected chi connectivity index (χ1v) is 10.6. The topological polar surface area (TPSA) is 80.1 Å². The number of furan rings is 1. The second-order valence-electron chi connectivity index (χ2n) is 6.43. The Kier molecular flexibility index (Phi) is 5.32. The number of piperazine rings is 1. The minimum atomic E-state index is -3.30. The lowest BCUT2D eigenvalue weighted by atomic mass is 10.1. The van der Waals surface area contributed by atoms with Gasteiger partial charge in [0.15, 0.2) is 4.67 Å². The third-order valence-electron chi connectivity index (χ3n) is 4.52. The normalized spacial score (nSPS) is 16.4. The molecule has 26 heavy (non-hydrogen) atoms. The van der Waals surface area contributed by atoms with Crippen LogP contribution in [0.5, 0.6) is 5.75 Å². The van der Waals surface area contributed by atoms with Crippen molar-refractivity contribution in [3.63, 3.8) is 0 Å². The largest absolute Gasteiger partial charge is 0.496 e. The number of carbonyl (C=O) groups is 1. The summed E-state index contributed by atoms with van der Waals surface area (Å²) in [6.45, 7) is 4.64. The van der Waals surface area contributed by atoms with Crippen molar-refractivity contribution >= 4 is 42.8 Å². The Morgan fingerprint density at radius 2 is 1.85 bits per heavy atom. The number of fused-ring (bicyclic) bond motifs is 1. The zero-order chi connectivity index (χ0) is 19.1. The Morgan fingerprint density at radius 3 is 2.42 bits per heavy atom. The molecule has 0 atom stereocenters. The van der Waals surface area contributed by atoms with E-state index in [0.29, 0.717) is 47.7 Å². The van der Waals surface area contributed by atoms with Gasteiger partial charge in [0.1, 0.15) is 11.3 Å². The number of nitrogens with zero attached hydrogens (tertiary/aromatic N) is 2. The van der Waals surface area contributed by atoms with Crippen LogP contribution in [0.25, 0.3) is 11.0 Å². The summed E-state index contributed by atoms with van der Waals surface area (Å²) in [4.78, 5) is 14.5. The molecule has 0 saturated carbocycles. The predicted octanol–water partition coefficient (Wildman–Crippen LogP) is 2.70. The van der Waals surface area contributed by atoms with E-state index in [9.17, 15) is 13.2 Å². The van der Waals surface area contributed by atoms with Gasteiger partial charge >= 0.3 is 0 Å². The third-order valence-corrected chi connectivity index (χ3v) is 7.18. The summed E-state index contributed by atoms with van der Waals surface area (Å²) in [5.41, 5.74) is 1.01. The molecule has 0 unspecified atom stereocenters. The molecule has 142 valence electrons. The average Bonchev–Trinajstić information content (AvgIpc) is 3.00. The minimum Gasteiger partial charge on any atom is -0.496 e. The Morgan fingerprint density at radius 1 is 1.19 bits per heavy atom. The quantitative estimate of drug-likeness (QED) is 0.723. The number of benzene rings is 1. The van der Waals surface area contributed by atoms with Crippen molar-refractivity contribution in [1.29, 1.82) is 0 Å². The summed E-state index contributed by atoms with van der Waals surface area (Å²) >= 11 is 3.28. The van der Waals surface area contributed by atoms with Crippen LogP contribution in [0.15, 0.2) is 27.3 Å². The first kappa shape index (κ1) is 19.2. The van der Waals surface area contributed by atoms with Gasteiger partial charge in [-0.3, -0.25) is 4.79 Å². The highest BCUT2D eigenvalue weighted by Gasteiger charge is 2.31. The predicted molar refractivity (Wildman–Crippen MR) is 102 cm³/mol. The molecule has 0 spiro atoms. The van der Waals surface area contributed by atoms with E-state index in [2.05, 4.69) is 15.9 Å². The maximum Gasteiger partial charge on any atom is 0.254 e. The summed E-state index contributed by atoms with van der Waals surface area (Å²) < 4.78 is 37.4. The van der Waals surface area contributed by atoms with Gasteiger partial charge in [0.05, 0.1) is 17.7 Å². The van der Waals surface area contributed by atoms with Gasteiger partial charge < -0.3 is 14.1 Å². The number of halogens is 1. The summed E-state index contributed by atoms with van der Waals surface area (Å²) in [6.07, 6.45) is 0. The number of hydrogen-bond donors (Lipinski definition) is 0.